The van der Waals surface area contributed by atoms with Crippen LogP contribution in [0.1, 0.15) is 0 Å². The van der Waals surface area contributed by atoms with Crippen LogP contribution in [0, 0.1) is 5.82 Å². The lowest BCUT2D eigenvalue weighted by Crippen LogP contribution is -2.26. The first-order valence-electron chi connectivity index (χ1n) is 6.95. The van der Waals surface area contributed by atoms with E-state index in [1.807, 2.05) is 0 Å². The monoisotopic (exact) mass is 334 g/mol. The number of fused-ring (bicyclic) bond motifs is 1. The van der Waals surface area contributed by atoms with Gasteiger partial charge in [0.1, 0.15) is 17.0 Å². The van der Waals surface area contributed by atoms with E-state index in [1.165, 1.54) is 6.07 Å². The second kappa shape index (κ2) is 6.05. The van der Waals surface area contributed by atoms with Crippen molar-refractivity contribution in [3.8, 4) is 11.5 Å². The molecule has 0 atom stereocenters. The third kappa shape index (κ3) is 3.54. The summed E-state index contributed by atoms with van der Waals surface area (Å²) < 4.78 is 40.3. The van der Waals surface area contributed by atoms with Gasteiger partial charge in [-0.3, -0.25) is 0 Å². The summed E-state index contributed by atoms with van der Waals surface area (Å²) >= 11 is 0. The highest BCUT2D eigenvalue weighted by Gasteiger charge is 2.10. The molecule has 120 valence electrons. The average molecular weight is 334 g/mol. The van der Waals surface area contributed by atoms with Gasteiger partial charge in [-0.25, -0.2) is 27.5 Å². The first-order valence-corrected chi connectivity index (χ1v) is 8.84. The van der Waals surface area contributed by atoms with Crippen LogP contribution in [0.25, 0.3) is 22.4 Å². The quantitative estimate of drug-likeness (QED) is 0.772. The maximum Gasteiger partial charge on any atom is 0.208 e. The molecule has 0 aliphatic rings. The van der Waals surface area contributed by atoms with E-state index in [1.54, 1.807) is 41.2 Å². The van der Waals surface area contributed by atoms with E-state index < -0.39 is 10.0 Å². The van der Waals surface area contributed by atoms with Gasteiger partial charge < -0.3 is 4.57 Å². The first kappa shape index (κ1) is 15.6. The number of hydrogen-bond acceptors (Lipinski definition) is 4. The molecule has 3 rings (SSSR count). The number of aromatic nitrogens is 3. The zero-order chi connectivity index (χ0) is 16.4. The van der Waals surface area contributed by atoms with Crippen molar-refractivity contribution in [2.75, 3.05) is 12.8 Å². The van der Waals surface area contributed by atoms with E-state index >= 15 is 0 Å². The fraction of sp³-hybridized carbons (Fsp3) is 0.200. The third-order valence-electron chi connectivity index (χ3n) is 3.33. The van der Waals surface area contributed by atoms with Crippen LogP contribution in [0.3, 0.4) is 0 Å². The van der Waals surface area contributed by atoms with Crippen molar-refractivity contribution >= 4 is 20.9 Å². The number of hydrogen-bond donors (Lipinski definition) is 1. The number of sulfonamides is 1. The Morgan fingerprint density at radius 2 is 2.09 bits per heavy atom. The molecule has 0 unspecified atom stereocenters. The normalized spacial score (nSPS) is 11.9. The molecule has 0 amide bonds. The number of imidazole rings is 1. The molecular formula is C15H15FN4O2S. The van der Waals surface area contributed by atoms with Crippen molar-refractivity contribution in [2.24, 2.45) is 0 Å². The van der Waals surface area contributed by atoms with Crippen LogP contribution in [-0.4, -0.2) is 35.8 Å². The molecule has 2 heterocycles. The molecular weight excluding hydrogens is 319 g/mol. The van der Waals surface area contributed by atoms with Crippen LogP contribution < -0.4 is 4.72 Å². The standard InChI is InChI=1S/C15H15FN4O2S/c1-23(21,22)18-8-10-20-9-7-17-15(20)13-6-5-11-3-2-4-12(16)14(11)19-13/h2-7,9,18H,8,10H2,1H3. The SMILES string of the molecule is CS(=O)(=O)NCCn1ccnc1-c1ccc2cccc(F)c2n1. The topological polar surface area (TPSA) is 76.9 Å². The van der Waals surface area contributed by atoms with Gasteiger partial charge in [0, 0.05) is 30.9 Å². The van der Waals surface area contributed by atoms with Gasteiger partial charge in [0.25, 0.3) is 0 Å². The Morgan fingerprint density at radius 3 is 2.87 bits per heavy atom. The van der Waals surface area contributed by atoms with Crippen molar-refractivity contribution in [3.63, 3.8) is 0 Å². The highest BCUT2D eigenvalue weighted by Crippen LogP contribution is 2.21. The van der Waals surface area contributed by atoms with Gasteiger partial charge in [0.2, 0.25) is 10.0 Å². The summed E-state index contributed by atoms with van der Waals surface area (Å²) in [5.74, 6) is 0.173. The van der Waals surface area contributed by atoms with Crippen molar-refractivity contribution in [1.29, 1.82) is 0 Å². The van der Waals surface area contributed by atoms with Gasteiger partial charge in [-0.15, -0.1) is 0 Å². The zero-order valence-electron chi connectivity index (χ0n) is 12.4. The smallest absolute Gasteiger partial charge is 0.208 e. The maximum atomic E-state index is 13.9. The summed E-state index contributed by atoms with van der Waals surface area (Å²) in [6.07, 6.45) is 4.44. The zero-order valence-corrected chi connectivity index (χ0v) is 13.2. The predicted molar refractivity (Wildman–Crippen MR) is 85.8 cm³/mol. The lowest BCUT2D eigenvalue weighted by atomic mass is 10.2. The molecule has 0 spiro atoms. The molecule has 0 fully saturated rings. The molecule has 23 heavy (non-hydrogen) atoms. The Hall–Kier alpha value is -2.32. The molecule has 0 aliphatic carbocycles. The highest BCUT2D eigenvalue weighted by atomic mass is 32.2. The van der Waals surface area contributed by atoms with E-state index in [2.05, 4.69) is 14.7 Å². The minimum absolute atomic E-state index is 0.240. The molecule has 0 saturated heterocycles. The number of nitrogens with one attached hydrogen (secondary N) is 1. The summed E-state index contributed by atoms with van der Waals surface area (Å²) in [4.78, 5) is 8.58. The minimum atomic E-state index is -3.24. The fourth-order valence-corrected chi connectivity index (χ4v) is 2.77. The fourth-order valence-electron chi connectivity index (χ4n) is 2.31. The van der Waals surface area contributed by atoms with Crippen molar-refractivity contribution in [1.82, 2.24) is 19.3 Å². The molecule has 2 aromatic heterocycles. The average Bonchev–Trinajstić information content (AvgIpc) is 2.94. The van der Waals surface area contributed by atoms with Crippen molar-refractivity contribution in [2.45, 2.75) is 6.54 Å². The summed E-state index contributed by atoms with van der Waals surface area (Å²) in [6.45, 7) is 0.642. The second-order valence-electron chi connectivity index (χ2n) is 5.12. The number of pyridine rings is 1. The Balaban J connectivity index is 1.91. The van der Waals surface area contributed by atoms with Gasteiger partial charge in [0.05, 0.1) is 6.26 Å². The summed E-state index contributed by atoms with van der Waals surface area (Å²) in [7, 11) is -3.24. The molecule has 6 nitrogen and oxygen atoms in total. The lowest BCUT2D eigenvalue weighted by Gasteiger charge is -2.08. The Bertz CT molecular complexity index is 953. The summed E-state index contributed by atoms with van der Waals surface area (Å²) in [6, 6.07) is 8.34. The minimum Gasteiger partial charge on any atom is -0.328 e. The molecule has 8 heteroatoms. The van der Waals surface area contributed by atoms with Crippen LogP contribution in [0.2, 0.25) is 0 Å². The maximum absolute atomic E-state index is 13.9. The lowest BCUT2D eigenvalue weighted by molar-refractivity contribution is 0.579. The predicted octanol–water partition coefficient (Wildman–Crippen LogP) is 1.79. The molecule has 0 aliphatic heterocycles. The number of benzene rings is 1. The first-order chi connectivity index (χ1) is 10.9. The van der Waals surface area contributed by atoms with Gasteiger partial charge in [-0.2, -0.15) is 0 Å². The summed E-state index contributed by atoms with van der Waals surface area (Å²) in [5, 5.41) is 0.714. The van der Waals surface area contributed by atoms with Crippen LogP contribution in [-0.2, 0) is 16.6 Å². The van der Waals surface area contributed by atoms with Gasteiger partial charge in [-0.1, -0.05) is 18.2 Å². The van der Waals surface area contributed by atoms with Gasteiger partial charge in [0.15, 0.2) is 5.82 Å². The van der Waals surface area contributed by atoms with E-state index in [-0.39, 0.29) is 17.9 Å². The van der Waals surface area contributed by atoms with Crippen LogP contribution >= 0.6 is 0 Å². The highest BCUT2D eigenvalue weighted by molar-refractivity contribution is 7.88. The summed E-state index contributed by atoms with van der Waals surface area (Å²) in [5.41, 5.74) is 0.820. The molecule has 1 aromatic carbocycles. The Labute approximate surface area is 133 Å². The third-order valence-corrected chi connectivity index (χ3v) is 4.06. The number of para-hydroxylation sites is 1. The van der Waals surface area contributed by atoms with E-state index in [0.717, 1.165) is 6.26 Å². The van der Waals surface area contributed by atoms with Crippen LogP contribution in [0.4, 0.5) is 4.39 Å². The Kier molecular flexibility index (Phi) is 4.10. The van der Waals surface area contributed by atoms with Crippen LogP contribution in [0.15, 0.2) is 42.7 Å². The molecule has 0 bridgehead atoms. The van der Waals surface area contributed by atoms with Gasteiger partial charge >= 0.3 is 0 Å². The van der Waals surface area contributed by atoms with E-state index in [9.17, 15) is 12.8 Å². The van der Waals surface area contributed by atoms with Crippen molar-refractivity contribution in [3.05, 3.63) is 48.5 Å². The number of nitrogens with zero attached hydrogens (tertiary/aromatic N) is 3. The molecule has 0 saturated carbocycles. The number of halogens is 1. The Morgan fingerprint density at radius 1 is 1.26 bits per heavy atom. The molecule has 1 N–H and O–H groups in total. The van der Waals surface area contributed by atoms with Crippen LogP contribution in [0.5, 0.6) is 0 Å². The second-order valence-corrected chi connectivity index (χ2v) is 6.95. The number of rotatable bonds is 5. The largest absolute Gasteiger partial charge is 0.328 e. The molecule has 3 aromatic rings. The van der Waals surface area contributed by atoms with E-state index in [0.29, 0.717) is 23.4 Å². The van der Waals surface area contributed by atoms with Crippen molar-refractivity contribution < 1.29 is 12.8 Å². The molecule has 0 radical (unpaired) electrons. The van der Waals surface area contributed by atoms with Gasteiger partial charge in [-0.05, 0) is 12.1 Å². The van der Waals surface area contributed by atoms with E-state index in [4.69, 9.17) is 0 Å².